The van der Waals surface area contributed by atoms with Gasteiger partial charge in [-0.15, -0.1) is 5.92 Å². The third-order valence-electron chi connectivity index (χ3n) is 2.26. The molecule has 15 heavy (non-hydrogen) atoms. The van der Waals surface area contributed by atoms with Crippen molar-refractivity contribution >= 4 is 5.69 Å². The van der Waals surface area contributed by atoms with Crippen molar-refractivity contribution in [2.75, 3.05) is 11.9 Å². The van der Waals surface area contributed by atoms with E-state index < -0.39 is 0 Å². The molecule has 0 saturated carbocycles. The lowest BCUT2D eigenvalue weighted by molar-refractivity contribution is 0.744. The van der Waals surface area contributed by atoms with Crippen molar-refractivity contribution < 1.29 is 0 Å². The Morgan fingerprint density at radius 3 is 2.47 bits per heavy atom. The van der Waals surface area contributed by atoms with E-state index in [0.717, 1.165) is 12.1 Å². The maximum Gasteiger partial charge on any atom is 0.0341 e. The third-order valence-corrected chi connectivity index (χ3v) is 2.26. The number of nitrogens with one attached hydrogen (secondary N) is 1. The first kappa shape index (κ1) is 11.7. The standard InChI is InChI=1S/C14H19N/c1-3-5-6-12-15-14-10-8-13(7-4-2)9-11-14/h8-11,15H,3,5-6,12H2,1-2H3. The molecule has 1 rings (SSSR count). The maximum absolute atomic E-state index is 3.40. The molecule has 1 aromatic carbocycles. The summed E-state index contributed by atoms with van der Waals surface area (Å²) in [5.41, 5.74) is 2.27. The van der Waals surface area contributed by atoms with E-state index in [9.17, 15) is 0 Å². The average molecular weight is 201 g/mol. The molecule has 1 heteroatoms. The summed E-state index contributed by atoms with van der Waals surface area (Å²) in [7, 11) is 0. The van der Waals surface area contributed by atoms with Crippen LogP contribution in [-0.2, 0) is 0 Å². The van der Waals surface area contributed by atoms with Crippen LogP contribution in [0.1, 0.15) is 38.7 Å². The first-order chi connectivity index (χ1) is 7.36. The number of rotatable bonds is 5. The van der Waals surface area contributed by atoms with E-state index in [4.69, 9.17) is 0 Å². The van der Waals surface area contributed by atoms with E-state index in [1.54, 1.807) is 0 Å². The van der Waals surface area contributed by atoms with E-state index in [1.807, 2.05) is 6.92 Å². The van der Waals surface area contributed by atoms with Crippen molar-refractivity contribution in [3.63, 3.8) is 0 Å². The lowest BCUT2D eigenvalue weighted by Gasteiger charge is -2.05. The minimum absolute atomic E-state index is 1.06. The van der Waals surface area contributed by atoms with Crippen molar-refractivity contribution in [2.45, 2.75) is 33.1 Å². The van der Waals surface area contributed by atoms with E-state index in [0.29, 0.717) is 0 Å². The molecule has 0 atom stereocenters. The summed E-state index contributed by atoms with van der Waals surface area (Å²) in [6, 6.07) is 8.29. The van der Waals surface area contributed by atoms with Gasteiger partial charge >= 0.3 is 0 Å². The highest BCUT2D eigenvalue weighted by Crippen LogP contribution is 2.09. The van der Waals surface area contributed by atoms with Crippen molar-refractivity contribution in [2.24, 2.45) is 0 Å². The van der Waals surface area contributed by atoms with Crippen LogP contribution in [0.5, 0.6) is 0 Å². The fourth-order valence-corrected chi connectivity index (χ4v) is 1.42. The van der Waals surface area contributed by atoms with E-state index in [2.05, 4.69) is 48.3 Å². The monoisotopic (exact) mass is 201 g/mol. The van der Waals surface area contributed by atoms with Crippen LogP contribution in [-0.4, -0.2) is 6.54 Å². The second kappa shape index (κ2) is 6.95. The Morgan fingerprint density at radius 2 is 1.87 bits per heavy atom. The first-order valence-corrected chi connectivity index (χ1v) is 5.63. The third kappa shape index (κ3) is 4.56. The minimum atomic E-state index is 1.06. The maximum atomic E-state index is 3.40. The number of unbranched alkanes of at least 4 members (excludes halogenated alkanes) is 2. The van der Waals surface area contributed by atoms with Gasteiger partial charge in [0, 0.05) is 17.8 Å². The molecule has 0 aliphatic heterocycles. The van der Waals surface area contributed by atoms with Crippen LogP contribution >= 0.6 is 0 Å². The second-order valence-corrected chi connectivity index (χ2v) is 3.59. The van der Waals surface area contributed by atoms with Gasteiger partial charge in [0.1, 0.15) is 0 Å². The van der Waals surface area contributed by atoms with Gasteiger partial charge in [-0.2, -0.15) is 0 Å². The topological polar surface area (TPSA) is 12.0 Å². The first-order valence-electron chi connectivity index (χ1n) is 5.63. The molecule has 1 N–H and O–H groups in total. The highest BCUT2D eigenvalue weighted by molar-refractivity contribution is 5.48. The summed E-state index contributed by atoms with van der Waals surface area (Å²) >= 11 is 0. The zero-order chi connectivity index (χ0) is 10.9. The van der Waals surface area contributed by atoms with Gasteiger partial charge in [0.15, 0.2) is 0 Å². The number of hydrogen-bond acceptors (Lipinski definition) is 1. The molecule has 0 fully saturated rings. The Morgan fingerprint density at radius 1 is 1.13 bits per heavy atom. The SMILES string of the molecule is CC#Cc1ccc(NCCCCC)cc1. The Kier molecular flexibility index (Phi) is 5.40. The summed E-state index contributed by atoms with van der Waals surface area (Å²) < 4.78 is 0. The molecule has 0 amide bonds. The number of hydrogen-bond donors (Lipinski definition) is 1. The average Bonchev–Trinajstić information content (AvgIpc) is 2.27. The molecule has 0 spiro atoms. The van der Waals surface area contributed by atoms with Gasteiger partial charge in [-0.3, -0.25) is 0 Å². The van der Waals surface area contributed by atoms with Gasteiger partial charge in [-0.25, -0.2) is 0 Å². The van der Waals surface area contributed by atoms with Gasteiger partial charge in [-0.1, -0.05) is 25.7 Å². The van der Waals surface area contributed by atoms with Gasteiger partial charge in [0.05, 0.1) is 0 Å². The van der Waals surface area contributed by atoms with Crippen molar-refractivity contribution in [1.29, 1.82) is 0 Å². The molecule has 1 aromatic rings. The van der Waals surface area contributed by atoms with E-state index in [1.165, 1.54) is 24.9 Å². The van der Waals surface area contributed by atoms with Crippen LogP contribution < -0.4 is 5.32 Å². The Labute approximate surface area is 92.9 Å². The molecule has 0 radical (unpaired) electrons. The zero-order valence-electron chi connectivity index (χ0n) is 9.64. The van der Waals surface area contributed by atoms with Gasteiger partial charge in [-0.05, 0) is 37.6 Å². The van der Waals surface area contributed by atoms with E-state index >= 15 is 0 Å². The van der Waals surface area contributed by atoms with Crippen molar-refractivity contribution in [3.05, 3.63) is 29.8 Å². The smallest absolute Gasteiger partial charge is 0.0341 e. The molecule has 0 aliphatic carbocycles. The molecule has 0 aromatic heterocycles. The summed E-state index contributed by atoms with van der Waals surface area (Å²) in [5.74, 6) is 5.93. The molecular formula is C14H19N. The molecule has 0 bridgehead atoms. The molecular weight excluding hydrogens is 182 g/mol. The molecule has 0 heterocycles. The second-order valence-electron chi connectivity index (χ2n) is 3.59. The van der Waals surface area contributed by atoms with Crippen LogP contribution in [0.2, 0.25) is 0 Å². The fraction of sp³-hybridized carbons (Fsp3) is 0.429. The molecule has 1 nitrogen and oxygen atoms in total. The number of anilines is 1. The van der Waals surface area contributed by atoms with Gasteiger partial charge < -0.3 is 5.32 Å². The predicted octanol–water partition coefficient (Wildman–Crippen LogP) is 3.66. The van der Waals surface area contributed by atoms with Crippen LogP contribution in [0.25, 0.3) is 0 Å². The van der Waals surface area contributed by atoms with E-state index in [-0.39, 0.29) is 0 Å². The minimum Gasteiger partial charge on any atom is -0.385 e. The molecule has 0 saturated heterocycles. The summed E-state index contributed by atoms with van der Waals surface area (Å²) in [4.78, 5) is 0. The highest BCUT2D eigenvalue weighted by Gasteiger charge is 1.91. The molecule has 0 unspecified atom stereocenters. The summed E-state index contributed by atoms with van der Waals surface area (Å²) in [6.45, 7) is 5.14. The van der Waals surface area contributed by atoms with Crippen LogP contribution in [0, 0.1) is 11.8 Å². The Balaban J connectivity index is 2.38. The quantitative estimate of drug-likeness (QED) is 0.566. The lowest BCUT2D eigenvalue weighted by atomic mass is 10.2. The highest BCUT2D eigenvalue weighted by atomic mass is 14.9. The normalized spacial score (nSPS) is 9.20. The van der Waals surface area contributed by atoms with Gasteiger partial charge in [0.2, 0.25) is 0 Å². The fourth-order valence-electron chi connectivity index (χ4n) is 1.42. The van der Waals surface area contributed by atoms with Crippen LogP contribution in [0.3, 0.4) is 0 Å². The molecule has 80 valence electrons. The Bertz CT molecular complexity index is 327. The summed E-state index contributed by atoms with van der Waals surface area (Å²) in [6.07, 6.45) is 3.81. The van der Waals surface area contributed by atoms with Crippen LogP contribution in [0.15, 0.2) is 24.3 Å². The van der Waals surface area contributed by atoms with Gasteiger partial charge in [0.25, 0.3) is 0 Å². The summed E-state index contributed by atoms with van der Waals surface area (Å²) in [5, 5.41) is 3.40. The zero-order valence-corrected chi connectivity index (χ0v) is 9.64. The predicted molar refractivity (Wildman–Crippen MR) is 67.0 cm³/mol. The van der Waals surface area contributed by atoms with Crippen molar-refractivity contribution in [3.8, 4) is 11.8 Å². The Hall–Kier alpha value is -1.42. The largest absolute Gasteiger partial charge is 0.385 e. The molecule has 0 aliphatic rings. The lowest BCUT2D eigenvalue weighted by Crippen LogP contribution is -2.00. The van der Waals surface area contributed by atoms with Crippen LogP contribution in [0.4, 0.5) is 5.69 Å². The number of benzene rings is 1. The van der Waals surface area contributed by atoms with Crippen molar-refractivity contribution in [1.82, 2.24) is 0 Å².